The molecule has 0 radical (unpaired) electrons. The van der Waals surface area contributed by atoms with Crippen molar-refractivity contribution >= 4 is 21.9 Å². The first kappa shape index (κ1) is 11.8. The van der Waals surface area contributed by atoms with Gasteiger partial charge in [0, 0.05) is 17.9 Å². The molecule has 2 rings (SSSR count). The van der Waals surface area contributed by atoms with E-state index in [9.17, 15) is 0 Å². The second-order valence-corrected chi connectivity index (χ2v) is 5.69. The highest BCUT2D eigenvalue weighted by molar-refractivity contribution is 9.09. The first-order valence-electron chi connectivity index (χ1n) is 5.65. The lowest BCUT2D eigenvalue weighted by Gasteiger charge is -2.34. The fraction of sp³-hybridized carbons (Fsp3) is 0.727. The molecule has 0 bridgehead atoms. The van der Waals surface area contributed by atoms with Crippen LogP contribution < -0.4 is 4.90 Å². The van der Waals surface area contributed by atoms with Crippen LogP contribution in [0.2, 0.25) is 0 Å². The Kier molecular flexibility index (Phi) is 3.42. The summed E-state index contributed by atoms with van der Waals surface area (Å²) in [4.78, 5) is 7.21. The van der Waals surface area contributed by atoms with Crippen molar-refractivity contribution in [2.24, 2.45) is 5.92 Å². The summed E-state index contributed by atoms with van der Waals surface area (Å²) in [6.07, 6.45) is 1.17. The molecule has 1 aliphatic rings. The van der Waals surface area contributed by atoms with Crippen LogP contribution in [0, 0.1) is 19.8 Å². The maximum Gasteiger partial charge on any atom is 0.245 e. The van der Waals surface area contributed by atoms with Gasteiger partial charge in [-0.2, -0.15) is 5.10 Å². The largest absolute Gasteiger partial charge is 0.338 e. The Morgan fingerprint density at radius 3 is 2.62 bits per heavy atom. The van der Waals surface area contributed by atoms with E-state index in [2.05, 4.69) is 42.9 Å². The van der Waals surface area contributed by atoms with Gasteiger partial charge in [0.1, 0.15) is 0 Å². The molecule has 1 aliphatic heterocycles. The normalized spacial score (nSPS) is 25.9. The summed E-state index contributed by atoms with van der Waals surface area (Å²) < 4.78 is 0. The molecular weight excluding hydrogens is 268 g/mol. The summed E-state index contributed by atoms with van der Waals surface area (Å²) in [5, 5.41) is 8.29. The summed E-state index contributed by atoms with van der Waals surface area (Å²) in [5.74, 6) is 1.48. The number of piperidine rings is 1. The SMILES string of the molecule is Cc1nnc(N2CCC(C)C(Br)C2)nc1C. The Labute approximate surface area is 105 Å². The van der Waals surface area contributed by atoms with E-state index in [0.29, 0.717) is 4.83 Å². The third kappa shape index (κ3) is 2.34. The maximum absolute atomic E-state index is 4.49. The standard InChI is InChI=1S/C11H17BrN4/c1-7-4-5-16(6-10(7)12)11-13-8(2)9(3)14-15-11/h7,10H,4-6H2,1-3H3. The lowest BCUT2D eigenvalue weighted by atomic mass is 9.99. The van der Waals surface area contributed by atoms with Crippen LogP contribution in [-0.2, 0) is 0 Å². The van der Waals surface area contributed by atoms with Gasteiger partial charge in [0.05, 0.1) is 11.4 Å². The number of anilines is 1. The number of nitrogens with zero attached hydrogens (tertiary/aromatic N) is 4. The van der Waals surface area contributed by atoms with Crippen molar-refractivity contribution in [3.05, 3.63) is 11.4 Å². The molecule has 0 amide bonds. The molecule has 1 saturated heterocycles. The number of hydrogen-bond donors (Lipinski definition) is 0. The molecule has 4 nitrogen and oxygen atoms in total. The molecule has 88 valence electrons. The van der Waals surface area contributed by atoms with Gasteiger partial charge in [-0.1, -0.05) is 22.9 Å². The number of hydrogen-bond acceptors (Lipinski definition) is 4. The zero-order valence-corrected chi connectivity index (χ0v) is 11.5. The summed E-state index contributed by atoms with van der Waals surface area (Å²) in [7, 11) is 0. The Bertz CT molecular complexity index is 382. The Hall–Kier alpha value is -0.710. The van der Waals surface area contributed by atoms with Gasteiger partial charge in [0.2, 0.25) is 5.95 Å². The molecule has 1 aromatic heterocycles. The predicted molar refractivity (Wildman–Crippen MR) is 68.0 cm³/mol. The van der Waals surface area contributed by atoms with Gasteiger partial charge in [-0.15, -0.1) is 5.10 Å². The second-order valence-electron chi connectivity index (χ2n) is 4.51. The van der Waals surface area contributed by atoms with Crippen molar-refractivity contribution in [3.8, 4) is 0 Å². The highest BCUT2D eigenvalue weighted by Gasteiger charge is 2.25. The molecule has 2 unspecified atom stereocenters. The monoisotopic (exact) mass is 284 g/mol. The highest BCUT2D eigenvalue weighted by atomic mass is 79.9. The van der Waals surface area contributed by atoms with Crippen molar-refractivity contribution < 1.29 is 0 Å². The molecule has 0 aromatic carbocycles. The van der Waals surface area contributed by atoms with Crippen LogP contribution in [-0.4, -0.2) is 33.1 Å². The van der Waals surface area contributed by atoms with Gasteiger partial charge < -0.3 is 4.90 Å². The molecule has 0 saturated carbocycles. The van der Waals surface area contributed by atoms with Crippen molar-refractivity contribution in [1.82, 2.24) is 15.2 Å². The summed E-state index contributed by atoms with van der Waals surface area (Å²) in [5.41, 5.74) is 1.87. The van der Waals surface area contributed by atoms with E-state index in [1.165, 1.54) is 6.42 Å². The lowest BCUT2D eigenvalue weighted by molar-refractivity contribution is 0.450. The minimum absolute atomic E-state index is 0.520. The number of aromatic nitrogens is 3. The summed E-state index contributed by atoms with van der Waals surface area (Å²) in [6, 6.07) is 0. The fourth-order valence-electron chi connectivity index (χ4n) is 1.78. The molecule has 1 aromatic rings. The van der Waals surface area contributed by atoms with Crippen LogP contribution in [0.4, 0.5) is 5.95 Å². The molecule has 0 spiro atoms. The van der Waals surface area contributed by atoms with E-state index in [-0.39, 0.29) is 0 Å². The van der Waals surface area contributed by atoms with Crippen LogP contribution >= 0.6 is 15.9 Å². The maximum atomic E-state index is 4.49. The topological polar surface area (TPSA) is 41.9 Å². The van der Waals surface area contributed by atoms with Crippen molar-refractivity contribution in [1.29, 1.82) is 0 Å². The molecule has 2 atom stereocenters. The van der Waals surface area contributed by atoms with E-state index < -0.39 is 0 Å². The summed E-state index contributed by atoms with van der Waals surface area (Å²) >= 11 is 3.71. The van der Waals surface area contributed by atoms with Gasteiger partial charge in [0.15, 0.2) is 0 Å². The highest BCUT2D eigenvalue weighted by Crippen LogP contribution is 2.25. The third-order valence-electron chi connectivity index (χ3n) is 3.23. The fourth-order valence-corrected chi connectivity index (χ4v) is 2.40. The summed E-state index contributed by atoms with van der Waals surface area (Å²) in [6.45, 7) is 8.17. The molecule has 1 fully saturated rings. The van der Waals surface area contributed by atoms with Crippen molar-refractivity contribution in [2.45, 2.75) is 32.0 Å². The molecule has 5 heteroatoms. The van der Waals surface area contributed by atoms with Gasteiger partial charge in [-0.3, -0.25) is 0 Å². The van der Waals surface area contributed by atoms with E-state index in [1.807, 2.05) is 13.8 Å². The van der Waals surface area contributed by atoms with E-state index in [0.717, 1.165) is 36.3 Å². The van der Waals surface area contributed by atoms with Crippen LogP contribution in [0.1, 0.15) is 24.7 Å². The van der Waals surface area contributed by atoms with E-state index in [1.54, 1.807) is 0 Å². The first-order chi connectivity index (χ1) is 7.58. The number of halogens is 1. The molecule has 2 heterocycles. The van der Waals surface area contributed by atoms with Crippen LogP contribution in [0.25, 0.3) is 0 Å². The minimum Gasteiger partial charge on any atom is -0.338 e. The average molecular weight is 285 g/mol. The lowest BCUT2D eigenvalue weighted by Crippen LogP contribution is -2.41. The zero-order chi connectivity index (χ0) is 11.7. The minimum atomic E-state index is 0.520. The Morgan fingerprint density at radius 1 is 1.25 bits per heavy atom. The van der Waals surface area contributed by atoms with Gasteiger partial charge >= 0.3 is 0 Å². The van der Waals surface area contributed by atoms with E-state index in [4.69, 9.17) is 0 Å². The average Bonchev–Trinajstić information content (AvgIpc) is 2.26. The Morgan fingerprint density at radius 2 is 2.00 bits per heavy atom. The van der Waals surface area contributed by atoms with Crippen molar-refractivity contribution in [2.75, 3.05) is 18.0 Å². The second kappa shape index (κ2) is 4.65. The molecule has 16 heavy (non-hydrogen) atoms. The molecular formula is C11H17BrN4. The van der Waals surface area contributed by atoms with E-state index >= 15 is 0 Å². The third-order valence-corrected chi connectivity index (χ3v) is 4.42. The number of alkyl halides is 1. The van der Waals surface area contributed by atoms with Gasteiger partial charge in [-0.25, -0.2) is 4.98 Å². The first-order valence-corrected chi connectivity index (χ1v) is 6.56. The molecule has 0 aliphatic carbocycles. The van der Waals surface area contributed by atoms with Crippen LogP contribution in [0.5, 0.6) is 0 Å². The smallest absolute Gasteiger partial charge is 0.245 e. The quantitative estimate of drug-likeness (QED) is 0.741. The predicted octanol–water partition coefficient (Wildman–Crippen LogP) is 2.10. The zero-order valence-electron chi connectivity index (χ0n) is 9.94. The number of rotatable bonds is 1. The molecule has 0 N–H and O–H groups in total. The van der Waals surface area contributed by atoms with Crippen molar-refractivity contribution in [3.63, 3.8) is 0 Å². The number of aryl methyl sites for hydroxylation is 2. The van der Waals surface area contributed by atoms with Crippen LogP contribution in [0.3, 0.4) is 0 Å². The van der Waals surface area contributed by atoms with Gasteiger partial charge in [0.25, 0.3) is 0 Å². The van der Waals surface area contributed by atoms with Crippen LogP contribution in [0.15, 0.2) is 0 Å². The van der Waals surface area contributed by atoms with Gasteiger partial charge in [-0.05, 0) is 26.2 Å². The Balaban J connectivity index is 2.15.